The zero-order chi connectivity index (χ0) is 13.9. The maximum Gasteiger partial charge on any atom is 0.450 e. The van der Waals surface area contributed by atoms with Crippen molar-refractivity contribution in [3.63, 3.8) is 0 Å². The normalized spacial score (nSPS) is 17.0. The molecule has 8 heteroatoms. The number of alkyl halides is 3. The molecule has 1 aromatic rings. The summed E-state index contributed by atoms with van der Waals surface area (Å²) in [6.07, 6.45) is -0.994. The summed E-state index contributed by atoms with van der Waals surface area (Å²) in [5, 5.41) is 4.15. The van der Waals surface area contributed by atoms with Gasteiger partial charge in [-0.05, 0) is 12.8 Å². The lowest BCUT2D eigenvalue weighted by Crippen LogP contribution is -2.24. The van der Waals surface area contributed by atoms with Crippen LogP contribution in [0.15, 0.2) is 4.52 Å². The van der Waals surface area contributed by atoms with E-state index < -0.39 is 18.4 Å². The van der Waals surface area contributed by atoms with Gasteiger partial charge < -0.3 is 4.52 Å². The number of aromatic nitrogens is 2. The largest absolute Gasteiger partial charge is 0.450 e. The van der Waals surface area contributed by atoms with E-state index in [0.29, 0.717) is 16.8 Å². The number of halogens is 3. The van der Waals surface area contributed by atoms with E-state index in [1.807, 2.05) is 0 Å². The smallest absolute Gasteiger partial charge is 0.339 e. The third-order valence-electron chi connectivity index (χ3n) is 2.89. The van der Waals surface area contributed by atoms with Crippen molar-refractivity contribution >= 4 is 17.5 Å². The molecular weight excluding hydrogens is 281 g/mol. The van der Waals surface area contributed by atoms with Gasteiger partial charge in [0.15, 0.2) is 5.82 Å². The van der Waals surface area contributed by atoms with E-state index in [9.17, 15) is 18.0 Å². The highest BCUT2D eigenvalue weighted by Gasteiger charge is 2.39. The average molecular weight is 294 g/mol. The molecule has 0 unspecified atom stereocenters. The van der Waals surface area contributed by atoms with Gasteiger partial charge >= 0.3 is 6.18 Å². The number of carbonyl (C=O) groups excluding carboxylic acids is 1. The fraction of sp³-hybridized carbons (Fsp3) is 0.727. The molecule has 0 aliphatic heterocycles. The lowest BCUT2D eigenvalue weighted by atomic mass is 10.3. The third-order valence-corrected chi connectivity index (χ3v) is 4.26. The molecule has 4 nitrogen and oxygen atoms in total. The first-order valence-corrected chi connectivity index (χ1v) is 7.03. The van der Waals surface area contributed by atoms with E-state index in [1.54, 1.807) is 11.8 Å². The first-order chi connectivity index (χ1) is 8.95. The number of carbonyl (C=O) groups is 1. The number of rotatable bonds is 5. The summed E-state index contributed by atoms with van der Waals surface area (Å²) in [6, 6.07) is 0. The van der Waals surface area contributed by atoms with Crippen molar-refractivity contribution in [1.82, 2.24) is 10.1 Å². The summed E-state index contributed by atoms with van der Waals surface area (Å²) in [7, 11) is 0. The standard InChI is InChI=1S/C11H13F3N2O2S/c12-11(13,14)8(17)5-10-15-9(16-18-10)6-19-7-3-1-2-4-7/h7H,1-6H2. The fourth-order valence-corrected chi connectivity index (χ4v) is 3.07. The van der Waals surface area contributed by atoms with Crippen LogP contribution in [-0.4, -0.2) is 27.4 Å². The van der Waals surface area contributed by atoms with Crippen LogP contribution >= 0.6 is 11.8 Å². The third kappa shape index (κ3) is 4.22. The minimum absolute atomic E-state index is 0.274. The van der Waals surface area contributed by atoms with Crippen molar-refractivity contribution in [3.8, 4) is 0 Å². The molecule has 1 aliphatic rings. The molecule has 0 amide bonds. The van der Waals surface area contributed by atoms with Crippen LogP contribution in [0.5, 0.6) is 0 Å². The van der Waals surface area contributed by atoms with E-state index in [2.05, 4.69) is 14.7 Å². The van der Waals surface area contributed by atoms with Gasteiger partial charge in [-0.15, -0.1) is 0 Å². The first-order valence-electron chi connectivity index (χ1n) is 5.98. The van der Waals surface area contributed by atoms with Gasteiger partial charge in [-0.25, -0.2) is 0 Å². The Balaban J connectivity index is 1.83. The van der Waals surface area contributed by atoms with Crippen molar-refractivity contribution in [2.45, 2.75) is 49.3 Å². The van der Waals surface area contributed by atoms with E-state index in [-0.39, 0.29) is 5.89 Å². The molecule has 1 heterocycles. The molecule has 1 aliphatic carbocycles. The Morgan fingerprint density at radius 2 is 2.05 bits per heavy atom. The zero-order valence-corrected chi connectivity index (χ0v) is 10.9. The number of ketones is 1. The highest BCUT2D eigenvalue weighted by molar-refractivity contribution is 7.99. The lowest BCUT2D eigenvalue weighted by molar-refractivity contribution is -0.170. The van der Waals surface area contributed by atoms with Crippen molar-refractivity contribution in [2.75, 3.05) is 0 Å². The van der Waals surface area contributed by atoms with E-state index >= 15 is 0 Å². The summed E-state index contributed by atoms with van der Waals surface area (Å²) >= 11 is 1.68. The van der Waals surface area contributed by atoms with Gasteiger partial charge in [-0.1, -0.05) is 18.0 Å². The summed E-state index contributed by atoms with van der Waals surface area (Å²) in [5.41, 5.74) is 0. The number of hydrogen-bond donors (Lipinski definition) is 0. The van der Waals surface area contributed by atoms with Crippen molar-refractivity contribution < 1.29 is 22.5 Å². The molecule has 1 saturated carbocycles. The van der Waals surface area contributed by atoms with E-state index in [1.165, 1.54) is 12.8 Å². The molecular formula is C11H13F3N2O2S. The molecule has 106 valence electrons. The van der Waals surface area contributed by atoms with Gasteiger partial charge in [0.25, 0.3) is 0 Å². The molecule has 19 heavy (non-hydrogen) atoms. The molecule has 0 N–H and O–H groups in total. The van der Waals surface area contributed by atoms with Gasteiger partial charge in [0.05, 0.1) is 12.2 Å². The average Bonchev–Trinajstić information content (AvgIpc) is 2.95. The second-order valence-corrected chi connectivity index (χ2v) is 5.71. The number of Topliss-reactive ketones (excluding diaryl/α,β-unsaturated/α-hetero) is 1. The second-order valence-electron chi connectivity index (χ2n) is 4.42. The Bertz CT molecular complexity index is 441. The molecule has 0 saturated heterocycles. The molecule has 1 aromatic heterocycles. The second kappa shape index (κ2) is 5.94. The van der Waals surface area contributed by atoms with E-state index in [0.717, 1.165) is 12.8 Å². The summed E-state index contributed by atoms with van der Waals surface area (Å²) in [6.45, 7) is 0. The maximum absolute atomic E-state index is 12.1. The summed E-state index contributed by atoms with van der Waals surface area (Å²) in [5.74, 6) is -1.29. The molecule has 0 atom stereocenters. The Labute approximate surface area is 112 Å². The topological polar surface area (TPSA) is 56.0 Å². The van der Waals surface area contributed by atoms with Crippen LogP contribution < -0.4 is 0 Å². The Kier molecular flexibility index (Phi) is 4.49. The SMILES string of the molecule is O=C(Cc1nc(CSC2CCCC2)no1)C(F)(F)F. The van der Waals surface area contributed by atoms with Crippen LogP contribution in [0.25, 0.3) is 0 Å². The van der Waals surface area contributed by atoms with Crippen molar-refractivity contribution in [3.05, 3.63) is 11.7 Å². The van der Waals surface area contributed by atoms with Gasteiger partial charge in [-0.3, -0.25) is 4.79 Å². The number of hydrogen-bond acceptors (Lipinski definition) is 5. The first kappa shape index (κ1) is 14.4. The quantitative estimate of drug-likeness (QED) is 0.835. The predicted molar refractivity (Wildman–Crippen MR) is 62.6 cm³/mol. The highest BCUT2D eigenvalue weighted by Crippen LogP contribution is 2.31. The lowest BCUT2D eigenvalue weighted by Gasteiger charge is -2.04. The van der Waals surface area contributed by atoms with Crippen molar-refractivity contribution in [2.24, 2.45) is 0 Å². The van der Waals surface area contributed by atoms with Gasteiger partial charge in [0.1, 0.15) is 0 Å². The minimum Gasteiger partial charge on any atom is -0.339 e. The Morgan fingerprint density at radius 1 is 1.37 bits per heavy atom. The molecule has 0 bridgehead atoms. The number of thioether (sulfide) groups is 1. The van der Waals surface area contributed by atoms with Crippen molar-refractivity contribution in [1.29, 1.82) is 0 Å². The molecule has 1 fully saturated rings. The maximum atomic E-state index is 12.1. The highest BCUT2D eigenvalue weighted by atomic mass is 32.2. The van der Waals surface area contributed by atoms with Crippen LogP contribution in [-0.2, 0) is 17.0 Å². The van der Waals surface area contributed by atoms with Crippen LogP contribution in [0.3, 0.4) is 0 Å². The van der Waals surface area contributed by atoms with Gasteiger partial charge in [0, 0.05) is 5.25 Å². The fourth-order valence-electron chi connectivity index (χ4n) is 1.91. The van der Waals surface area contributed by atoms with Crippen LogP contribution in [0, 0.1) is 0 Å². The Hall–Kier alpha value is -1.05. The van der Waals surface area contributed by atoms with E-state index in [4.69, 9.17) is 0 Å². The van der Waals surface area contributed by atoms with Crippen LogP contribution in [0.2, 0.25) is 0 Å². The Morgan fingerprint density at radius 3 is 2.68 bits per heavy atom. The van der Waals surface area contributed by atoms with Crippen LogP contribution in [0.1, 0.15) is 37.4 Å². The zero-order valence-electron chi connectivity index (χ0n) is 10.1. The molecule has 0 aromatic carbocycles. The van der Waals surface area contributed by atoms with Gasteiger partial charge in [0.2, 0.25) is 11.7 Å². The van der Waals surface area contributed by atoms with Gasteiger partial charge in [-0.2, -0.15) is 29.9 Å². The summed E-state index contributed by atoms with van der Waals surface area (Å²) < 4.78 is 40.8. The van der Waals surface area contributed by atoms with Crippen LogP contribution in [0.4, 0.5) is 13.2 Å². The minimum atomic E-state index is -4.85. The molecule has 2 rings (SSSR count). The number of nitrogens with zero attached hydrogens (tertiary/aromatic N) is 2. The summed E-state index contributed by atoms with van der Waals surface area (Å²) in [4.78, 5) is 14.6. The molecule has 0 radical (unpaired) electrons. The predicted octanol–water partition coefficient (Wildman–Crippen LogP) is 2.92. The molecule has 0 spiro atoms. The monoisotopic (exact) mass is 294 g/mol.